The van der Waals surface area contributed by atoms with Crippen LogP contribution in [-0.2, 0) is 6.54 Å². The van der Waals surface area contributed by atoms with E-state index in [9.17, 15) is 5.11 Å². The second-order valence-electron chi connectivity index (χ2n) is 6.02. The van der Waals surface area contributed by atoms with Crippen molar-refractivity contribution in [2.24, 2.45) is 10.9 Å². The molecule has 23 heavy (non-hydrogen) atoms. The molecule has 1 aromatic carbocycles. The van der Waals surface area contributed by atoms with Crippen LogP contribution in [0.1, 0.15) is 31.7 Å². The molecular weight excluding hydrogens is 294 g/mol. The molecule has 2 aliphatic rings. The van der Waals surface area contributed by atoms with Crippen LogP contribution >= 0.6 is 0 Å². The van der Waals surface area contributed by atoms with Gasteiger partial charge in [-0.05, 0) is 37.5 Å². The highest BCUT2D eigenvalue weighted by Crippen LogP contribution is 2.32. The molecule has 1 aliphatic heterocycles. The van der Waals surface area contributed by atoms with Gasteiger partial charge in [-0.3, -0.25) is 0 Å². The predicted octanol–water partition coefficient (Wildman–Crippen LogP) is 1.63. The van der Waals surface area contributed by atoms with Gasteiger partial charge in [0.1, 0.15) is 0 Å². The molecule has 0 saturated heterocycles. The minimum absolute atomic E-state index is 0.181. The number of nitrogens with one attached hydrogen (secondary N) is 2. The van der Waals surface area contributed by atoms with Crippen molar-refractivity contribution in [3.05, 3.63) is 23.8 Å². The summed E-state index contributed by atoms with van der Waals surface area (Å²) in [6, 6.07) is 5.89. The zero-order valence-electron chi connectivity index (χ0n) is 13.5. The molecule has 0 amide bonds. The molecule has 0 spiro atoms. The summed E-state index contributed by atoms with van der Waals surface area (Å²) in [4.78, 5) is 4.61. The Labute approximate surface area is 136 Å². The van der Waals surface area contributed by atoms with E-state index in [4.69, 9.17) is 9.47 Å². The average Bonchev–Trinajstić information content (AvgIpc) is 3.18. The van der Waals surface area contributed by atoms with E-state index < -0.39 is 0 Å². The Balaban J connectivity index is 1.57. The second kappa shape index (κ2) is 7.55. The lowest BCUT2D eigenvalue weighted by atomic mass is 10.1. The van der Waals surface area contributed by atoms with Gasteiger partial charge in [-0.15, -0.1) is 0 Å². The van der Waals surface area contributed by atoms with E-state index in [0.29, 0.717) is 12.5 Å². The summed E-state index contributed by atoms with van der Waals surface area (Å²) in [5.41, 5.74) is 1.08. The number of ether oxygens (including phenoxy) is 2. The van der Waals surface area contributed by atoms with E-state index in [1.807, 2.05) is 25.1 Å². The van der Waals surface area contributed by atoms with E-state index >= 15 is 0 Å². The fraction of sp³-hybridized carbons (Fsp3) is 0.588. The monoisotopic (exact) mass is 319 g/mol. The first-order valence-electron chi connectivity index (χ1n) is 8.35. The Hall–Kier alpha value is -1.95. The molecular formula is C17H25N3O3. The van der Waals surface area contributed by atoms with Crippen LogP contribution in [0, 0.1) is 5.92 Å². The highest BCUT2D eigenvalue weighted by molar-refractivity contribution is 5.79. The summed E-state index contributed by atoms with van der Waals surface area (Å²) in [6.07, 6.45) is 2.92. The van der Waals surface area contributed by atoms with E-state index in [2.05, 4.69) is 15.6 Å². The number of benzene rings is 1. The van der Waals surface area contributed by atoms with Crippen molar-refractivity contribution in [2.75, 3.05) is 19.9 Å². The van der Waals surface area contributed by atoms with Crippen molar-refractivity contribution in [1.29, 1.82) is 0 Å². The number of guanidine groups is 1. The molecule has 3 rings (SSSR count). The van der Waals surface area contributed by atoms with Crippen molar-refractivity contribution in [2.45, 2.75) is 38.8 Å². The van der Waals surface area contributed by atoms with Crippen LogP contribution in [0.3, 0.4) is 0 Å². The molecule has 1 saturated carbocycles. The summed E-state index contributed by atoms with van der Waals surface area (Å²) < 4.78 is 10.7. The fourth-order valence-corrected chi connectivity index (χ4v) is 3.03. The largest absolute Gasteiger partial charge is 0.454 e. The van der Waals surface area contributed by atoms with Gasteiger partial charge in [-0.2, -0.15) is 0 Å². The SMILES string of the molecule is CCNC(=NCc1ccc2c(c1)OCO2)NCC1CCCC1O. The van der Waals surface area contributed by atoms with Gasteiger partial charge in [0.25, 0.3) is 0 Å². The number of nitrogens with zero attached hydrogens (tertiary/aromatic N) is 1. The molecule has 1 aromatic rings. The molecule has 2 atom stereocenters. The van der Waals surface area contributed by atoms with E-state index in [0.717, 1.165) is 55.4 Å². The highest BCUT2D eigenvalue weighted by Gasteiger charge is 2.25. The molecule has 6 nitrogen and oxygen atoms in total. The molecule has 0 aromatic heterocycles. The third kappa shape index (κ3) is 4.07. The minimum Gasteiger partial charge on any atom is -0.454 e. The van der Waals surface area contributed by atoms with Crippen molar-refractivity contribution in [3.63, 3.8) is 0 Å². The number of aliphatic imine (C=N–C) groups is 1. The third-order valence-electron chi connectivity index (χ3n) is 4.35. The molecule has 126 valence electrons. The normalized spacial score (nSPS) is 23.1. The first kappa shape index (κ1) is 15.9. The molecule has 1 fully saturated rings. The average molecular weight is 319 g/mol. The van der Waals surface area contributed by atoms with Crippen molar-refractivity contribution in [3.8, 4) is 11.5 Å². The van der Waals surface area contributed by atoms with Gasteiger partial charge < -0.3 is 25.2 Å². The van der Waals surface area contributed by atoms with Crippen LogP contribution < -0.4 is 20.1 Å². The molecule has 2 unspecified atom stereocenters. The quantitative estimate of drug-likeness (QED) is 0.568. The Morgan fingerprint density at radius 3 is 2.91 bits per heavy atom. The van der Waals surface area contributed by atoms with Crippen LogP contribution in [-0.4, -0.2) is 37.1 Å². The maximum atomic E-state index is 9.90. The maximum absolute atomic E-state index is 9.90. The van der Waals surface area contributed by atoms with Gasteiger partial charge in [-0.25, -0.2) is 4.99 Å². The highest BCUT2D eigenvalue weighted by atomic mass is 16.7. The first-order chi connectivity index (χ1) is 11.3. The Morgan fingerprint density at radius 2 is 2.13 bits per heavy atom. The number of hydrogen-bond acceptors (Lipinski definition) is 4. The first-order valence-corrected chi connectivity index (χ1v) is 8.35. The van der Waals surface area contributed by atoms with Crippen LogP contribution in [0.4, 0.5) is 0 Å². The third-order valence-corrected chi connectivity index (χ3v) is 4.35. The van der Waals surface area contributed by atoms with Gasteiger partial charge in [0, 0.05) is 19.0 Å². The van der Waals surface area contributed by atoms with Crippen molar-refractivity contribution in [1.82, 2.24) is 10.6 Å². The van der Waals surface area contributed by atoms with Gasteiger partial charge in [0.05, 0.1) is 12.6 Å². The maximum Gasteiger partial charge on any atom is 0.231 e. The van der Waals surface area contributed by atoms with Crippen LogP contribution in [0.2, 0.25) is 0 Å². The number of fused-ring (bicyclic) bond motifs is 1. The summed E-state index contributed by atoms with van der Waals surface area (Å²) in [6.45, 7) is 4.46. The molecule has 3 N–H and O–H groups in total. The van der Waals surface area contributed by atoms with Crippen molar-refractivity contribution >= 4 is 5.96 Å². The van der Waals surface area contributed by atoms with E-state index in [1.165, 1.54) is 0 Å². The number of hydrogen-bond donors (Lipinski definition) is 3. The summed E-state index contributed by atoms with van der Waals surface area (Å²) >= 11 is 0. The Kier molecular flexibility index (Phi) is 5.23. The lowest BCUT2D eigenvalue weighted by Crippen LogP contribution is -2.41. The summed E-state index contributed by atoms with van der Waals surface area (Å²) in [7, 11) is 0. The molecule has 0 bridgehead atoms. The van der Waals surface area contributed by atoms with Gasteiger partial charge in [0.2, 0.25) is 6.79 Å². The Morgan fingerprint density at radius 1 is 1.26 bits per heavy atom. The lowest BCUT2D eigenvalue weighted by Gasteiger charge is -2.17. The zero-order valence-corrected chi connectivity index (χ0v) is 13.5. The topological polar surface area (TPSA) is 75.1 Å². The van der Waals surface area contributed by atoms with Crippen molar-refractivity contribution < 1.29 is 14.6 Å². The minimum atomic E-state index is -0.181. The number of aliphatic hydroxyl groups is 1. The second-order valence-corrected chi connectivity index (χ2v) is 6.02. The summed E-state index contributed by atoms with van der Waals surface area (Å²) in [5, 5.41) is 16.5. The molecule has 1 heterocycles. The Bertz CT molecular complexity index is 562. The van der Waals surface area contributed by atoms with Gasteiger partial charge >= 0.3 is 0 Å². The zero-order chi connectivity index (χ0) is 16.1. The van der Waals surface area contributed by atoms with Crippen LogP contribution in [0.25, 0.3) is 0 Å². The predicted molar refractivity (Wildman–Crippen MR) is 88.7 cm³/mol. The number of rotatable bonds is 5. The standard InChI is InChI=1S/C17H25N3O3/c1-2-18-17(20-10-13-4-3-5-14(13)21)19-9-12-6-7-15-16(8-12)23-11-22-15/h6-8,13-14,21H,2-5,9-11H2,1H3,(H2,18,19,20). The van der Waals surface area contributed by atoms with Crippen LogP contribution in [0.5, 0.6) is 11.5 Å². The number of aliphatic hydroxyl groups excluding tert-OH is 1. The molecule has 0 radical (unpaired) electrons. The lowest BCUT2D eigenvalue weighted by molar-refractivity contribution is 0.134. The van der Waals surface area contributed by atoms with Gasteiger partial charge in [-0.1, -0.05) is 12.5 Å². The van der Waals surface area contributed by atoms with E-state index in [1.54, 1.807) is 0 Å². The fourth-order valence-electron chi connectivity index (χ4n) is 3.03. The van der Waals surface area contributed by atoms with Crippen LogP contribution in [0.15, 0.2) is 23.2 Å². The van der Waals surface area contributed by atoms with Gasteiger partial charge in [0.15, 0.2) is 17.5 Å². The smallest absolute Gasteiger partial charge is 0.231 e. The molecule has 6 heteroatoms. The van der Waals surface area contributed by atoms with E-state index in [-0.39, 0.29) is 12.9 Å². The summed E-state index contributed by atoms with van der Waals surface area (Å²) in [5.74, 6) is 2.68. The molecule has 1 aliphatic carbocycles.